The van der Waals surface area contributed by atoms with Gasteiger partial charge in [0.15, 0.2) is 0 Å². The third-order valence-corrected chi connectivity index (χ3v) is 5.53. The molecule has 3 N–H and O–H groups in total. The third kappa shape index (κ3) is 6.57. The summed E-state index contributed by atoms with van der Waals surface area (Å²) in [5, 5.41) is 8.97. The quantitative estimate of drug-likeness (QED) is 0.633. The molecule has 0 heterocycles. The lowest BCUT2D eigenvalue weighted by Crippen LogP contribution is -2.36. The van der Waals surface area contributed by atoms with E-state index in [1.807, 2.05) is 24.3 Å². The van der Waals surface area contributed by atoms with Crippen molar-refractivity contribution in [2.75, 3.05) is 29.1 Å². The molecule has 0 aromatic heterocycles. The highest BCUT2D eigenvalue weighted by atomic mass is 16.2. The van der Waals surface area contributed by atoms with Crippen molar-refractivity contribution in [2.45, 2.75) is 45.1 Å². The Morgan fingerprint density at radius 2 is 1.68 bits per heavy atom. The van der Waals surface area contributed by atoms with Crippen molar-refractivity contribution < 1.29 is 14.4 Å². The molecular formula is C24H30N4O3. The minimum absolute atomic E-state index is 0.0465. The van der Waals surface area contributed by atoms with Gasteiger partial charge < -0.3 is 20.9 Å². The van der Waals surface area contributed by atoms with Gasteiger partial charge in [0.25, 0.3) is 5.91 Å². The number of hydrogen-bond acceptors (Lipinski definition) is 4. The lowest BCUT2D eigenvalue weighted by Gasteiger charge is -2.22. The van der Waals surface area contributed by atoms with Gasteiger partial charge in [-0.15, -0.1) is 0 Å². The molecular weight excluding hydrogens is 392 g/mol. The Hall–Kier alpha value is -3.35. The lowest BCUT2D eigenvalue weighted by molar-refractivity contribution is -0.116. The number of amides is 3. The molecule has 0 bridgehead atoms. The summed E-state index contributed by atoms with van der Waals surface area (Å²) < 4.78 is 0. The molecule has 31 heavy (non-hydrogen) atoms. The summed E-state index contributed by atoms with van der Waals surface area (Å²) in [5.74, 6) is -0.360. The average Bonchev–Trinajstić information content (AvgIpc) is 2.78. The lowest BCUT2D eigenvalue weighted by atomic mass is 9.95. The molecule has 0 spiro atoms. The topological polar surface area (TPSA) is 90.5 Å². The smallest absolute Gasteiger partial charge is 0.251 e. The van der Waals surface area contributed by atoms with Crippen LogP contribution in [0.2, 0.25) is 0 Å². The zero-order valence-electron chi connectivity index (χ0n) is 18.1. The first-order chi connectivity index (χ1) is 14.9. The molecule has 1 fully saturated rings. The molecule has 0 unspecified atom stereocenters. The Morgan fingerprint density at radius 1 is 0.968 bits per heavy atom. The Balaban J connectivity index is 1.50. The number of anilines is 3. The van der Waals surface area contributed by atoms with Crippen LogP contribution in [0.3, 0.4) is 0 Å². The molecule has 164 valence electrons. The number of nitrogens with zero attached hydrogens (tertiary/aromatic N) is 1. The number of carbonyl (C=O) groups excluding carboxylic acids is 3. The van der Waals surface area contributed by atoms with Crippen molar-refractivity contribution in [1.29, 1.82) is 0 Å². The maximum Gasteiger partial charge on any atom is 0.251 e. The van der Waals surface area contributed by atoms with Crippen LogP contribution >= 0.6 is 0 Å². The van der Waals surface area contributed by atoms with E-state index >= 15 is 0 Å². The van der Waals surface area contributed by atoms with Gasteiger partial charge in [0.2, 0.25) is 11.8 Å². The number of rotatable bonds is 7. The van der Waals surface area contributed by atoms with Crippen molar-refractivity contribution in [3.8, 4) is 0 Å². The summed E-state index contributed by atoms with van der Waals surface area (Å²) in [4.78, 5) is 37.8. The largest absolute Gasteiger partial charge is 0.376 e. The predicted molar refractivity (Wildman–Crippen MR) is 123 cm³/mol. The summed E-state index contributed by atoms with van der Waals surface area (Å²) in [6, 6.07) is 14.5. The SMILES string of the molecule is CC(=O)N(C)c1ccc(NCC(=O)Nc2cccc(C(=O)NC3CCCCC3)c2)cc1. The summed E-state index contributed by atoms with van der Waals surface area (Å²) >= 11 is 0. The van der Waals surface area contributed by atoms with E-state index in [0.717, 1.165) is 37.1 Å². The summed E-state index contributed by atoms with van der Waals surface area (Å²) in [7, 11) is 1.71. The van der Waals surface area contributed by atoms with Crippen LogP contribution in [0, 0.1) is 0 Å². The van der Waals surface area contributed by atoms with E-state index in [0.29, 0.717) is 11.3 Å². The molecule has 1 aliphatic carbocycles. The van der Waals surface area contributed by atoms with Gasteiger partial charge in [0.1, 0.15) is 0 Å². The van der Waals surface area contributed by atoms with Gasteiger partial charge in [-0.3, -0.25) is 14.4 Å². The maximum atomic E-state index is 12.5. The monoisotopic (exact) mass is 422 g/mol. The fourth-order valence-electron chi connectivity index (χ4n) is 3.63. The zero-order valence-corrected chi connectivity index (χ0v) is 18.1. The van der Waals surface area contributed by atoms with Crippen molar-refractivity contribution >= 4 is 34.8 Å². The Kier molecular flexibility index (Phi) is 7.65. The highest BCUT2D eigenvalue weighted by Gasteiger charge is 2.17. The van der Waals surface area contributed by atoms with Gasteiger partial charge in [-0.2, -0.15) is 0 Å². The van der Waals surface area contributed by atoms with Gasteiger partial charge in [-0.05, 0) is 55.3 Å². The van der Waals surface area contributed by atoms with E-state index in [2.05, 4.69) is 16.0 Å². The normalized spacial score (nSPS) is 13.9. The maximum absolute atomic E-state index is 12.5. The number of benzene rings is 2. The van der Waals surface area contributed by atoms with E-state index in [1.165, 1.54) is 13.3 Å². The minimum atomic E-state index is -0.213. The summed E-state index contributed by atoms with van der Waals surface area (Å²) in [6.45, 7) is 1.59. The first kappa shape index (κ1) is 22.3. The van der Waals surface area contributed by atoms with Gasteiger partial charge >= 0.3 is 0 Å². The molecule has 0 radical (unpaired) electrons. The van der Waals surface area contributed by atoms with Crippen LogP contribution in [-0.2, 0) is 9.59 Å². The first-order valence-electron chi connectivity index (χ1n) is 10.7. The van der Waals surface area contributed by atoms with Crippen LogP contribution in [0.4, 0.5) is 17.1 Å². The molecule has 3 rings (SSSR count). The zero-order chi connectivity index (χ0) is 22.2. The highest BCUT2D eigenvalue weighted by molar-refractivity contribution is 5.98. The van der Waals surface area contributed by atoms with Crippen molar-refractivity contribution in [1.82, 2.24) is 5.32 Å². The number of hydrogen-bond donors (Lipinski definition) is 3. The number of nitrogens with one attached hydrogen (secondary N) is 3. The first-order valence-corrected chi connectivity index (χ1v) is 10.7. The van der Waals surface area contributed by atoms with E-state index in [-0.39, 0.29) is 30.3 Å². The third-order valence-electron chi connectivity index (χ3n) is 5.53. The van der Waals surface area contributed by atoms with Crippen molar-refractivity contribution in [2.24, 2.45) is 0 Å². The van der Waals surface area contributed by atoms with Crippen LogP contribution in [0.5, 0.6) is 0 Å². The Bertz CT molecular complexity index is 921. The average molecular weight is 423 g/mol. The fraction of sp³-hybridized carbons (Fsp3) is 0.375. The number of carbonyl (C=O) groups is 3. The van der Waals surface area contributed by atoms with Crippen LogP contribution in [0.25, 0.3) is 0 Å². The second kappa shape index (κ2) is 10.6. The second-order valence-electron chi connectivity index (χ2n) is 7.92. The van der Waals surface area contributed by atoms with Crippen molar-refractivity contribution in [3.63, 3.8) is 0 Å². The van der Waals surface area contributed by atoms with Crippen LogP contribution in [0.1, 0.15) is 49.4 Å². The summed E-state index contributed by atoms with van der Waals surface area (Å²) in [5.41, 5.74) is 2.69. The second-order valence-corrected chi connectivity index (χ2v) is 7.92. The van der Waals surface area contributed by atoms with Gasteiger partial charge in [-0.1, -0.05) is 25.3 Å². The van der Waals surface area contributed by atoms with E-state index in [1.54, 1.807) is 36.2 Å². The molecule has 7 nitrogen and oxygen atoms in total. The van der Waals surface area contributed by atoms with E-state index in [4.69, 9.17) is 0 Å². The molecule has 1 aliphatic rings. The van der Waals surface area contributed by atoms with Gasteiger partial charge in [-0.25, -0.2) is 0 Å². The highest BCUT2D eigenvalue weighted by Crippen LogP contribution is 2.19. The molecule has 7 heteroatoms. The predicted octanol–water partition coefficient (Wildman–Crippen LogP) is 3.78. The van der Waals surface area contributed by atoms with Gasteiger partial charge in [0, 0.05) is 42.6 Å². The molecule has 0 aliphatic heterocycles. The van der Waals surface area contributed by atoms with Crippen LogP contribution in [-0.4, -0.2) is 37.4 Å². The summed E-state index contributed by atoms with van der Waals surface area (Å²) in [6.07, 6.45) is 5.61. The van der Waals surface area contributed by atoms with Crippen molar-refractivity contribution in [3.05, 3.63) is 54.1 Å². The van der Waals surface area contributed by atoms with Crippen LogP contribution < -0.4 is 20.9 Å². The van der Waals surface area contributed by atoms with Crippen LogP contribution in [0.15, 0.2) is 48.5 Å². The molecule has 1 saturated carbocycles. The molecule has 0 atom stereocenters. The Labute approximate surface area is 183 Å². The minimum Gasteiger partial charge on any atom is -0.376 e. The molecule has 2 aromatic rings. The fourth-order valence-corrected chi connectivity index (χ4v) is 3.63. The van der Waals surface area contributed by atoms with Gasteiger partial charge in [0.05, 0.1) is 6.54 Å². The molecule has 0 saturated heterocycles. The standard InChI is InChI=1S/C24H30N4O3/c1-17(29)28(2)22-13-11-19(12-14-22)25-16-23(30)26-21-10-6-7-18(15-21)24(31)27-20-8-4-3-5-9-20/h6-7,10-15,20,25H,3-5,8-9,16H2,1-2H3,(H,26,30)(H,27,31). The molecule has 2 aromatic carbocycles. The molecule has 3 amide bonds. The van der Waals surface area contributed by atoms with E-state index in [9.17, 15) is 14.4 Å². The Morgan fingerprint density at radius 3 is 2.35 bits per heavy atom. The van der Waals surface area contributed by atoms with E-state index < -0.39 is 0 Å².